The van der Waals surface area contributed by atoms with Crippen LogP contribution in [0.5, 0.6) is 5.88 Å². The molecule has 3 aromatic heterocycles. The molecule has 0 bridgehead atoms. The third-order valence-electron chi connectivity index (χ3n) is 4.03. The Morgan fingerprint density at radius 3 is 2.96 bits per heavy atom. The Morgan fingerprint density at radius 1 is 1.38 bits per heavy atom. The predicted molar refractivity (Wildman–Crippen MR) is 92.1 cm³/mol. The summed E-state index contributed by atoms with van der Waals surface area (Å²) in [5.74, 6) is 0.569. The first-order chi connectivity index (χ1) is 11.6. The average molecular weight is 392 g/mol. The van der Waals surface area contributed by atoms with Gasteiger partial charge in [-0.15, -0.1) is 5.10 Å². The molecule has 1 atom stereocenters. The molecule has 4 heterocycles. The first-order valence-corrected chi connectivity index (χ1v) is 8.74. The van der Waals surface area contributed by atoms with Crippen LogP contribution in [-0.2, 0) is 4.74 Å². The lowest BCUT2D eigenvalue weighted by molar-refractivity contribution is 0.137. The van der Waals surface area contributed by atoms with Crippen molar-refractivity contribution in [3.8, 4) is 17.0 Å². The van der Waals surface area contributed by atoms with E-state index in [1.54, 1.807) is 10.7 Å². The van der Waals surface area contributed by atoms with Crippen molar-refractivity contribution in [3.63, 3.8) is 0 Å². The summed E-state index contributed by atoms with van der Waals surface area (Å²) in [7, 11) is 0. The van der Waals surface area contributed by atoms with E-state index in [9.17, 15) is 0 Å². The third kappa shape index (κ3) is 2.80. The molecule has 0 saturated carbocycles. The zero-order valence-electron chi connectivity index (χ0n) is 13.5. The van der Waals surface area contributed by atoms with Gasteiger partial charge in [0.15, 0.2) is 5.65 Å². The second-order valence-corrected chi connectivity index (χ2v) is 6.93. The zero-order chi connectivity index (χ0) is 16.7. The lowest BCUT2D eigenvalue weighted by Crippen LogP contribution is -2.17. The van der Waals surface area contributed by atoms with Crippen LogP contribution in [-0.4, -0.2) is 43.7 Å². The normalized spacial score (nSPS) is 17.9. The summed E-state index contributed by atoms with van der Waals surface area (Å²) in [6.07, 6.45) is 6.47. The van der Waals surface area contributed by atoms with Crippen molar-refractivity contribution in [1.82, 2.24) is 24.4 Å². The molecule has 1 aliphatic rings. The smallest absolute Gasteiger partial charge is 0.240 e. The Morgan fingerprint density at radius 2 is 2.25 bits per heavy atom. The summed E-state index contributed by atoms with van der Waals surface area (Å²) < 4.78 is 16.0. The van der Waals surface area contributed by atoms with E-state index in [4.69, 9.17) is 9.47 Å². The van der Waals surface area contributed by atoms with Crippen LogP contribution in [0.25, 0.3) is 16.8 Å². The van der Waals surface area contributed by atoms with Gasteiger partial charge in [0.25, 0.3) is 0 Å². The maximum atomic E-state index is 6.12. The number of fused-ring (bicyclic) bond motifs is 1. The number of ether oxygens (including phenoxy) is 2. The van der Waals surface area contributed by atoms with Gasteiger partial charge in [0, 0.05) is 24.2 Å². The molecule has 3 aromatic rings. The van der Waals surface area contributed by atoms with Gasteiger partial charge in [-0.25, -0.2) is 9.50 Å². The van der Waals surface area contributed by atoms with Crippen LogP contribution in [0, 0.1) is 0 Å². The average Bonchev–Trinajstić information content (AvgIpc) is 3.29. The number of imidazole rings is 1. The van der Waals surface area contributed by atoms with Crippen LogP contribution in [0.1, 0.15) is 26.3 Å². The monoisotopic (exact) mass is 391 g/mol. The standard InChI is InChI=1S/C16H18BrN5O2/c1-10(2)21-8-11(6-19-21)13-5-15-18-7-14(17)22(15)20-16(13)24-12-3-4-23-9-12/h5-8,10,12H,3-4,9H2,1-2H3/t12-/m0/s1. The minimum Gasteiger partial charge on any atom is -0.470 e. The lowest BCUT2D eigenvalue weighted by Gasteiger charge is -2.14. The van der Waals surface area contributed by atoms with Gasteiger partial charge in [-0.3, -0.25) is 4.68 Å². The summed E-state index contributed by atoms with van der Waals surface area (Å²) in [4.78, 5) is 4.37. The number of rotatable bonds is 4. The number of hydrogen-bond acceptors (Lipinski definition) is 5. The molecule has 0 aromatic carbocycles. The molecule has 0 aliphatic carbocycles. The quantitative estimate of drug-likeness (QED) is 0.683. The number of halogens is 1. The fraction of sp³-hybridized carbons (Fsp3) is 0.438. The molecular formula is C16H18BrN5O2. The van der Waals surface area contributed by atoms with Crippen LogP contribution >= 0.6 is 15.9 Å². The summed E-state index contributed by atoms with van der Waals surface area (Å²) in [5.41, 5.74) is 2.61. The van der Waals surface area contributed by atoms with Gasteiger partial charge in [0.05, 0.1) is 31.2 Å². The Labute approximate surface area is 147 Å². The Balaban J connectivity index is 1.80. The highest BCUT2D eigenvalue weighted by Crippen LogP contribution is 2.31. The van der Waals surface area contributed by atoms with Gasteiger partial charge < -0.3 is 9.47 Å². The van der Waals surface area contributed by atoms with Crippen LogP contribution in [0.15, 0.2) is 29.3 Å². The second-order valence-electron chi connectivity index (χ2n) is 6.12. The van der Waals surface area contributed by atoms with Gasteiger partial charge >= 0.3 is 0 Å². The van der Waals surface area contributed by atoms with E-state index in [0.717, 1.165) is 34.4 Å². The molecule has 0 N–H and O–H groups in total. The van der Waals surface area contributed by atoms with E-state index in [-0.39, 0.29) is 6.10 Å². The number of aromatic nitrogens is 5. The first-order valence-electron chi connectivity index (χ1n) is 7.95. The van der Waals surface area contributed by atoms with E-state index < -0.39 is 0 Å². The topological polar surface area (TPSA) is 66.5 Å². The first kappa shape index (κ1) is 15.6. The van der Waals surface area contributed by atoms with Crippen LogP contribution in [0.2, 0.25) is 0 Å². The highest BCUT2D eigenvalue weighted by Gasteiger charge is 2.22. The molecule has 0 unspecified atom stereocenters. The molecule has 24 heavy (non-hydrogen) atoms. The lowest BCUT2D eigenvalue weighted by atomic mass is 10.1. The van der Waals surface area contributed by atoms with Gasteiger partial charge in [0.1, 0.15) is 10.7 Å². The maximum Gasteiger partial charge on any atom is 0.240 e. The van der Waals surface area contributed by atoms with Gasteiger partial charge in [-0.05, 0) is 35.8 Å². The fourth-order valence-electron chi connectivity index (χ4n) is 2.69. The maximum absolute atomic E-state index is 6.12. The molecule has 4 rings (SSSR count). The van der Waals surface area contributed by atoms with E-state index in [2.05, 4.69) is 45.0 Å². The van der Waals surface area contributed by atoms with Crippen molar-refractivity contribution in [2.45, 2.75) is 32.4 Å². The van der Waals surface area contributed by atoms with Crippen LogP contribution in [0.4, 0.5) is 0 Å². The SMILES string of the molecule is CC(C)n1cc(-c2cc3ncc(Br)n3nc2O[C@H]2CCOC2)cn1. The molecule has 0 spiro atoms. The fourth-order valence-corrected chi connectivity index (χ4v) is 3.05. The molecule has 126 valence electrons. The van der Waals surface area contributed by atoms with Gasteiger partial charge in [-0.1, -0.05) is 0 Å². The highest BCUT2D eigenvalue weighted by molar-refractivity contribution is 9.10. The van der Waals surface area contributed by atoms with Crippen molar-refractivity contribution in [1.29, 1.82) is 0 Å². The minimum absolute atomic E-state index is 0.0242. The van der Waals surface area contributed by atoms with E-state index in [1.165, 1.54) is 0 Å². The molecule has 1 fully saturated rings. The van der Waals surface area contributed by atoms with Crippen molar-refractivity contribution < 1.29 is 9.47 Å². The van der Waals surface area contributed by atoms with Crippen molar-refractivity contribution >= 4 is 21.6 Å². The minimum atomic E-state index is 0.0242. The highest BCUT2D eigenvalue weighted by atomic mass is 79.9. The molecule has 0 radical (unpaired) electrons. The molecular weight excluding hydrogens is 374 g/mol. The van der Waals surface area contributed by atoms with E-state index >= 15 is 0 Å². The molecule has 1 aliphatic heterocycles. The Hall–Kier alpha value is -1.93. The Bertz CT molecular complexity index is 867. The van der Waals surface area contributed by atoms with E-state index in [1.807, 2.05) is 23.1 Å². The van der Waals surface area contributed by atoms with Crippen molar-refractivity contribution in [2.24, 2.45) is 0 Å². The van der Waals surface area contributed by atoms with Gasteiger partial charge in [-0.2, -0.15) is 5.10 Å². The predicted octanol–water partition coefficient (Wildman–Crippen LogP) is 3.10. The largest absolute Gasteiger partial charge is 0.470 e. The Kier molecular flexibility index (Phi) is 4.01. The summed E-state index contributed by atoms with van der Waals surface area (Å²) in [6, 6.07) is 2.27. The molecule has 0 amide bonds. The zero-order valence-corrected chi connectivity index (χ0v) is 15.1. The molecule has 8 heteroatoms. The van der Waals surface area contributed by atoms with E-state index in [0.29, 0.717) is 18.5 Å². The number of nitrogens with zero attached hydrogens (tertiary/aromatic N) is 5. The van der Waals surface area contributed by atoms with Crippen molar-refractivity contribution in [3.05, 3.63) is 29.3 Å². The van der Waals surface area contributed by atoms with Crippen molar-refractivity contribution in [2.75, 3.05) is 13.2 Å². The number of hydrogen-bond donors (Lipinski definition) is 0. The molecule has 7 nitrogen and oxygen atoms in total. The summed E-state index contributed by atoms with van der Waals surface area (Å²) >= 11 is 3.46. The van der Waals surface area contributed by atoms with Crippen LogP contribution in [0.3, 0.4) is 0 Å². The van der Waals surface area contributed by atoms with Gasteiger partial charge in [0.2, 0.25) is 5.88 Å². The third-order valence-corrected chi connectivity index (χ3v) is 4.57. The summed E-state index contributed by atoms with van der Waals surface area (Å²) in [5, 5.41) is 9.04. The second kappa shape index (κ2) is 6.18. The molecule has 1 saturated heterocycles. The summed E-state index contributed by atoms with van der Waals surface area (Å²) in [6.45, 7) is 5.51. The van der Waals surface area contributed by atoms with Crippen LogP contribution < -0.4 is 4.74 Å².